The van der Waals surface area contributed by atoms with E-state index < -0.39 is 11.7 Å². The molecule has 2 aliphatic heterocycles. The van der Waals surface area contributed by atoms with Crippen LogP contribution in [0.4, 0.5) is 18.9 Å². The number of aliphatic imine (C=N–C) groups is 1. The molecule has 1 aromatic carbocycles. The molecule has 2 heterocycles. The highest BCUT2D eigenvalue weighted by molar-refractivity contribution is 6.31. The predicted molar refractivity (Wildman–Crippen MR) is 134 cm³/mol. The van der Waals surface area contributed by atoms with Crippen molar-refractivity contribution in [1.82, 2.24) is 15.2 Å². The molecule has 0 aromatic heterocycles. The number of rotatable bonds is 7. The highest BCUT2D eigenvalue weighted by Gasteiger charge is 2.32. The first-order valence-corrected chi connectivity index (χ1v) is 11.7. The minimum atomic E-state index is -4.52. The fourth-order valence-corrected chi connectivity index (χ4v) is 4.48. The van der Waals surface area contributed by atoms with Crippen molar-refractivity contribution in [3.8, 4) is 0 Å². The van der Waals surface area contributed by atoms with Gasteiger partial charge in [0.2, 0.25) is 5.91 Å². The van der Waals surface area contributed by atoms with Crippen LogP contribution in [0.5, 0.6) is 0 Å². The maximum Gasteiger partial charge on any atom is 0.416 e. The zero-order chi connectivity index (χ0) is 25.8. The Balaban J connectivity index is 1.71. The number of allylic oxidation sites excluding steroid dienone is 1. The van der Waals surface area contributed by atoms with E-state index >= 15 is 0 Å². The number of hydrogen-bond donors (Lipinski definition) is 2. The largest absolute Gasteiger partial charge is 0.416 e. The van der Waals surface area contributed by atoms with Gasteiger partial charge in [0.25, 0.3) is 0 Å². The number of hydrazone groups is 1. The van der Waals surface area contributed by atoms with E-state index in [1.807, 2.05) is 14.0 Å². The summed E-state index contributed by atoms with van der Waals surface area (Å²) in [5.74, 6) is 0.467. The predicted octanol–water partition coefficient (Wildman–Crippen LogP) is 4.53. The van der Waals surface area contributed by atoms with E-state index in [1.165, 1.54) is 6.07 Å². The van der Waals surface area contributed by atoms with Crippen LogP contribution in [0.15, 0.2) is 51.7 Å². The molecule has 1 saturated heterocycles. The van der Waals surface area contributed by atoms with Crippen LogP contribution in [-0.4, -0.2) is 67.5 Å². The van der Waals surface area contributed by atoms with Gasteiger partial charge < -0.3 is 15.1 Å². The van der Waals surface area contributed by atoms with Crippen molar-refractivity contribution in [1.29, 1.82) is 0 Å². The van der Waals surface area contributed by atoms with Crippen LogP contribution < -0.4 is 10.7 Å². The van der Waals surface area contributed by atoms with Crippen LogP contribution in [0.2, 0.25) is 5.02 Å². The van der Waals surface area contributed by atoms with E-state index in [4.69, 9.17) is 11.6 Å². The summed E-state index contributed by atoms with van der Waals surface area (Å²) in [7, 11) is 3.67. The van der Waals surface area contributed by atoms with E-state index in [-0.39, 0.29) is 29.2 Å². The molecule has 0 saturated carbocycles. The summed E-state index contributed by atoms with van der Waals surface area (Å²) >= 11 is 5.84. The van der Waals surface area contributed by atoms with Crippen LogP contribution in [0.3, 0.4) is 0 Å². The van der Waals surface area contributed by atoms with E-state index in [1.54, 1.807) is 18.2 Å². The van der Waals surface area contributed by atoms with Gasteiger partial charge in [-0.05, 0) is 43.0 Å². The summed E-state index contributed by atoms with van der Waals surface area (Å²) in [4.78, 5) is 21.1. The number of benzene rings is 1. The van der Waals surface area contributed by atoms with Gasteiger partial charge in [-0.3, -0.25) is 15.2 Å². The van der Waals surface area contributed by atoms with Crippen LogP contribution in [0.1, 0.15) is 31.7 Å². The van der Waals surface area contributed by atoms with Crippen LogP contribution in [0.25, 0.3) is 0 Å². The van der Waals surface area contributed by atoms with Gasteiger partial charge in [-0.25, -0.2) is 0 Å². The molecule has 0 spiro atoms. The molecule has 35 heavy (non-hydrogen) atoms. The second-order valence-electron chi connectivity index (χ2n) is 8.49. The summed E-state index contributed by atoms with van der Waals surface area (Å²) in [6, 6.07) is 3.21. The van der Waals surface area contributed by atoms with Gasteiger partial charge in [0.1, 0.15) is 0 Å². The molecule has 0 radical (unpaired) electrons. The Morgan fingerprint density at radius 3 is 2.80 bits per heavy atom. The molecule has 1 unspecified atom stereocenters. The number of hydrogen-bond acceptors (Lipinski definition) is 5. The van der Waals surface area contributed by atoms with Gasteiger partial charge in [0.15, 0.2) is 5.84 Å². The Hall–Kier alpha value is -3.01. The molecule has 11 heteroatoms. The SMILES string of the molecule is C=C(CC)/C(=C1/C=NNC1=NC)N(C)C1CCCN(C(=O)CNc2cc(Cl)cc(C(F)(F)F)c2)C1. The van der Waals surface area contributed by atoms with Gasteiger partial charge in [-0.1, -0.05) is 25.1 Å². The average Bonchev–Trinajstić information content (AvgIpc) is 3.30. The Morgan fingerprint density at radius 2 is 2.14 bits per heavy atom. The van der Waals surface area contributed by atoms with Gasteiger partial charge in [-0.2, -0.15) is 18.3 Å². The van der Waals surface area contributed by atoms with Crippen molar-refractivity contribution < 1.29 is 18.0 Å². The quantitative estimate of drug-likeness (QED) is 0.565. The number of carbonyl (C=O) groups is 1. The minimum absolute atomic E-state index is 0.0357. The lowest BCUT2D eigenvalue weighted by Gasteiger charge is -2.40. The van der Waals surface area contributed by atoms with Crippen molar-refractivity contribution in [2.45, 2.75) is 38.4 Å². The number of nitrogens with one attached hydrogen (secondary N) is 2. The highest BCUT2D eigenvalue weighted by Crippen LogP contribution is 2.33. The standard InChI is InChI=1S/C24H30ClF3N6O/c1-5-15(2)22(20-12-31-32-23(20)29-3)33(4)19-7-6-8-34(14-19)21(35)13-30-18-10-16(24(26,27)28)9-17(25)11-18/h9-12,19,30H,2,5-8,13-14H2,1,3-4H3,(H,29,32)/b22-20+. The summed E-state index contributed by atoms with van der Waals surface area (Å²) in [5.41, 5.74) is 4.89. The van der Waals surface area contributed by atoms with Gasteiger partial charge in [0.05, 0.1) is 29.6 Å². The topological polar surface area (TPSA) is 72.3 Å². The van der Waals surface area contributed by atoms with Gasteiger partial charge >= 0.3 is 6.18 Å². The first-order valence-electron chi connectivity index (χ1n) is 11.4. The third kappa shape index (κ3) is 6.36. The lowest BCUT2D eigenvalue weighted by atomic mass is 9.99. The van der Waals surface area contributed by atoms with E-state index in [2.05, 4.69) is 32.3 Å². The van der Waals surface area contributed by atoms with Crippen LogP contribution >= 0.6 is 11.6 Å². The first-order chi connectivity index (χ1) is 16.5. The first kappa shape index (κ1) is 26.6. The van der Waals surface area contributed by atoms with Crippen molar-refractivity contribution >= 4 is 35.2 Å². The molecular formula is C24H30ClF3N6O. The third-order valence-corrected chi connectivity index (χ3v) is 6.40. The van der Waals surface area contributed by atoms with Crippen LogP contribution in [0, 0.1) is 0 Å². The number of alkyl halides is 3. The number of nitrogens with zero attached hydrogens (tertiary/aromatic N) is 4. The number of likely N-dealkylation sites (tertiary alicyclic amines) is 1. The molecule has 2 N–H and O–H groups in total. The monoisotopic (exact) mass is 510 g/mol. The van der Waals surface area contributed by atoms with E-state index in [9.17, 15) is 18.0 Å². The van der Waals surface area contributed by atoms with Gasteiger partial charge in [-0.15, -0.1) is 0 Å². The lowest BCUT2D eigenvalue weighted by Crippen LogP contribution is -2.50. The molecular weight excluding hydrogens is 481 g/mol. The smallest absolute Gasteiger partial charge is 0.376 e. The second kappa shape index (κ2) is 11.2. The number of likely N-dealkylation sites (N-methyl/N-ethyl adjacent to an activating group) is 1. The Morgan fingerprint density at radius 1 is 1.40 bits per heavy atom. The van der Waals surface area contributed by atoms with E-state index in [0.29, 0.717) is 18.9 Å². The lowest BCUT2D eigenvalue weighted by molar-refractivity contribution is -0.137. The molecule has 7 nitrogen and oxygen atoms in total. The Bertz CT molecular complexity index is 1070. The molecule has 1 fully saturated rings. The zero-order valence-corrected chi connectivity index (χ0v) is 20.8. The summed E-state index contributed by atoms with van der Waals surface area (Å²) in [6.45, 7) is 7.19. The Labute approximate surface area is 208 Å². The molecule has 0 aliphatic carbocycles. The van der Waals surface area contributed by atoms with Crippen molar-refractivity contribution in [3.05, 3.63) is 52.2 Å². The molecule has 1 aromatic rings. The number of anilines is 1. The van der Waals surface area contributed by atoms with Crippen molar-refractivity contribution in [2.75, 3.05) is 39.0 Å². The maximum absolute atomic E-state index is 13.1. The minimum Gasteiger partial charge on any atom is -0.376 e. The summed E-state index contributed by atoms with van der Waals surface area (Å²) in [6.07, 6.45) is -0.364. The van der Waals surface area contributed by atoms with E-state index in [0.717, 1.165) is 48.2 Å². The molecule has 190 valence electrons. The van der Waals surface area contributed by atoms with Crippen LogP contribution in [-0.2, 0) is 11.0 Å². The Kier molecular flexibility index (Phi) is 8.47. The molecule has 3 rings (SSSR count). The summed E-state index contributed by atoms with van der Waals surface area (Å²) < 4.78 is 39.2. The molecule has 1 amide bonds. The highest BCUT2D eigenvalue weighted by atomic mass is 35.5. The average molecular weight is 511 g/mol. The number of halogens is 4. The molecule has 2 aliphatic rings. The number of carbonyl (C=O) groups excluding carboxylic acids is 1. The molecule has 1 atom stereocenters. The fourth-order valence-electron chi connectivity index (χ4n) is 4.25. The van der Waals surface area contributed by atoms with Crippen molar-refractivity contribution in [2.24, 2.45) is 10.1 Å². The molecule has 0 bridgehead atoms. The number of amidine groups is 1. The number of piperidine rings is 1. The third-order valence-electron chi connectivity index (χ3n) is 6.18. The van der Waals surface area contributed by atoms with Gasteiger partial charge in [0, 0.05) is 43.9 Å². The maximum atomic E-state index is 13.1. The summed E-state index contributed by atoms with van der Waals surface area (Å²) in [5, 5.41) is 6.87. The van der Waals surface area contributed by atoms with Crippen molar-refractivity contribution in [3.63, 3.8) is 0 Å². The zero-order valence-electron chi connectivity index (χ0n) is 20.0. The second-order valence-corrected chi connectivity index (χ2v) is 8.92. The number of amides is 1. The normalized spacial score (nSPS) is 20.6. The fraction of sp³-hybridized carbons (Fsp3) is 0.458.